The fraction of sp³-hybridized carbons (Fsp3) is 0.929. The van der Waals surface area contributed by atoms with E-state index in [-0.39, 0.29) is 24.1 Å². The van der Waals surface area contributed by atoms with Crippen molar-refractivity contribution in [3.63, 3.8) is 0 Å². The van der Waals surface area contributed by atoms with Gasteiger partial charge < -0.3 is 18.9 Å². The summed E-state index contributed by atoms with van der Waals surface area (Å²) in [5.74, 6) is -0.194. The molecule has 0 fully saturated rings. The van der Waals surface area contributed by atoms with E-state index in [2.05, 4.69) is 0 Å². The summed E-state index contributed by atoms with van der Waals surface area (Å²) in [6.07, 6.45) is 12.7. The zero-order valence-electron chi connectivity index (χ0n) is 23.5. The van der Waals surface area contributed by atoms with Crippen LogP contribution in [0, 0.1) is 10.8 Å². The van der Waals surface area contributed by atoms with E-state index in [1.54, 1.807) is 14.2 Å². The fourth-order valence-corrected chi connectivity index (χ4v) is 4.30. The second kappa shape index (κ2) is 18.2. The molecule has 2 atom stereocenters. The molecule has 6 heteroatoms. The summed E-state index contributed by atoms with van der Waals surface area (Å²) in [7, 11) is 3.55. The van der Waals surface area contributed by atoms with Crippen LogP contribution >= 0.6 is 0 Å². The molecule has 0 saturated carbocycles. The Kier molecular flexibility index (Phi) is 17.6. The minimum absolute atomic E-state index is 0.0971. The van der Waals surface area contributed by atoms with Gasteiger partial charge in [-0.05, 0) is 67.2 Å². The van der Waals surface area contributed by atoms with Crippen molar-refractivity contribution in [2.24, 2.45) is 10.8 Å². The van der Waals surface area contributed by atoms with Crippen molar-refractivity contribution in [2.75, 3.05) is 27.4 Å². The molecule has 0 aromatic carbocycles. The summed E-state index contributed by atoms with van der Waals surface area (Å²) in [5.41, 5.74) is -0.804. The maximum atomic E-state index is 12.0. The van der Waals surface area contributed by atoms with Gasteiger partial charge >= 0.3 is 11.9 Å². The summed E-state index contributed by atoms with van der Waals surface area (Å²) < 4.78 is 21.9. The van der Waals surface area contributed by atoms with E-state index >= 15 is 0 Å². The third kappa shape index (κ3) is 13.7. The first-order valence-electron chi connectivity index (χ1n) is 13.5. The van der Waals surface area contributed by atoms with Gasteiger partial charge in [-0.15, -0.1) is 0 Å². The van der Waals surface area contributed by atoms with Crippen LogP contribution in [0.5, 0.6) is 0 Å². The molecule has 0 aromatic heterocycles. The van der Waals surface area contributed by atoms with Crippen LogP contribution in [0.3, 0.4) is 0 Å². The summed E-state index contributed by atoms with van der Waals surface area (Å²) in [5, 5.41) is 0. The Labute approximate surface area is 209 Å². The van der Waals surface area contributed by atoms with Crippen molar-refractivity contribution < 1.29 is 28.5 Å². The lowest BCUT2D eigenvalue weighted by Gasteiger charge is -2.25. The highest BCUT2D eigenvalue weighted by atomic mass is 16.5. The van der Waals surface area contributed by atoms with Crippen LogP contribution in [-0.2, 0) is 28.5 Å². The van der Waals surface area contributed by atoms with Gasteiger partial charge in [-0.25, -0.2) is 0 Å². The predicted octanol–water partition coefficient (Wildman–Crippen LogP) is 6.88. The lowest BCUT2D eigenvalue weighted by molar-refractivity contribution is -0.154. The monoisotopic (exact) mass is 486 g/mol. The van der Waals surface area contributed by atoms with E-state index < -0.39 is 10.8 Å². The van der Waals surface area contributed by atoms with Crippen LogP contribution in [0.15, 0.2) is 0 Å². The van der Waals surface area contributed by atoms with Crippen molar-refractivity contribution in [2.45, 2.75) is 131 Å². The van der Waals surface area contributed by atoms with E-state index in [0.717, 1.165) is 77.0 Å². The Morgan fingerprint density at radius 1 is 0.588 bits per heavy atom. The van der Waals surface area contributed by atoms with Gasteiger partial charge in [-0.3, -0.25) is 9.59 Å². The van der Waals surface area contributed by atoms with Crippen LogP contribution in [0.4, 0.5) is 0 Å². The van der Waals surface area contributed by atoms with Gasteiger partial charge in [0.2, 0.25) is 0 Å². The molecule has 0 N–H and O–H groups in total. The molecule has 0 aliphatic heterocycles. The van der Waals surface area contributed by atoms with Gasteiger partial charge in [0.15, 0.2) is 0 Å². The first-order chi connectivity index (χ1) is 16.1. The van der Waals surface area contributed by atoms with Crippen LogP contribution in [0.2, 0.25) is 0 Å². The molecule has 0 amide bonds. The first kappa shape index (κ1) is 32.9. The van der Waals surface area contributed by atoms with E-state index in [1.165, 1.54) is 0 Å². The third-order valence-electron chi connectivity index (χ3n) is 6.76. The highest BCUT2D eigenvalue weighted by Crippen LogP contribution is 2.27. The summed E-state index contributed by atoms with van der Waals surface area (Å²) >= 11 is 0. The third-order valence-corrected chi connectivity index (χ3v) is 6.76. The number of rotatable bonds is 21. The van der Waals surface area contributed by atoms with E-state index in [0.29, 0.717) is 13.2 Å². The molecule has 0 heterocycles. The van der Waals surface area contributed by atoms with Gasteiger partial charge in [0.1, 0.15) is 0 Å². The fourth-order valence-electron chi connectivity index (χ4n) is 4.30. The lowest BCUT2D eigenvalue weighted by Crippen LogP contribution is -2.30. The Morgan fingerprint density at radius 2 is 0.912 bits per heavy atom. The van der Waals surface area contributed by atoms with Crippen LogP contribution in [0.1, 0.15) is 119 Å². The molecule has 202 valence electrons. The second-order valence-corrected chi connectivity index (χ2v) is 10.7. The zero-order valence-corrected chi connectivity index (χ0v) is 23.5. The van der Waals surface area contributed by atoms with Crippen molar-refractivity contribution in [1.29, 1.82) is 0 Å². The normalized spacial score (nSPS) is 14.0. The summed E-state index contributed by atoms with van der Waals surface area (Å²) in [6.45, 7) is 12.5. The molecule has 0 rings (SSSR count). The molecule has 0 unspecified atom stereocenters. The molecular weight excluding hydrogens is 432 g/mol. The molecule has 0 aliphatic carbocycles. The number of hydrogen-bond acceptors (Lipinski definition) is 6. The number of methoxy groups -OCH3 is 2. The standard InChI is InChI=1S/C28H54O6/c1-9-33-25(29)27(3,4)21-17-13-11-15-19-23(31-7)24(32-8)20-16-12-14-18-22-28(5,6)26(30)34-10-2/h23-24H,9-22H2,1-8H3/t23-,24-/m0/s1. The van der Waals surface area contributed by atoms with Gasteiger partial charge in [-0.1, -0.05) is 51.4 Å². The van der Waals surface area contributed by atoms with Crippen molar-refractivity contribution in [3.8, 4) is 0 Å². The van der Waals surface area contributed by atoms with Crippen LogP contribution in [0.25, 0.3) is 0 Å². The number of esters is 2. The molecule has 0 bridgehead atoms. The molecule has 0 aromatic rings. The molecule has 0 spiro atoms. The highest BCUT2D eigenvalue weighted by Gasteiger charge is 2.29. The van der Waals surface area contributed by atoms with Crippen molar-refractivity contribution >= 4 is 11.9 Å². The maximum Gasteiger partial charge on any atom is 0.311 e. The topological polar surface area (TPSA) is 71.1 Å². The SMILES string of the molecule is CCOC(=O)C(C)(C)CCCCCC[C@H](OC)[C@H](CCCCCCC(C)(C)C(=O)OCC)OC. The number of carbonyl (C=O) groups excluding carboxylic acids is 2. The number of ether oxygens (including phenoxy) is 4. The Bertz CT molecular complexity index is 495. The van der Waals surface area contributed by atoms with Crippen LogP contribution in [-0.4, -0.2) is 51.6 Å². The van der Waals surface area contributed by atoms with Crippen molar-refractivity contribution in [3.05, 3.63) is 0 Å². The predicted molar refractivity (Wildman–Crippen MR) is 138 cm³/mol. The average Bonchev–Trinajstić information content (AvgIpc) is 2.79. The second-order valence-electron chi connectivity index (χ2n) is 10.7. The highest BCUT2D eigenvalue weighted by molar-refractivity contribution is 5.76. The Balaban J connectivity index is 4.11. The number of unbranched alkanes of at least 4 members (excludes halogenated alkanes) is 6. The summed E-state index contributed by atoms with van der Waals surface area (Å²) in [4.78, 5) is 24.0. The molecule has 34 heavy (non-hydrogen) atoms. The van der Waals surface area contributed by atoms with Gasteiger partial charge in [0, 0.05) is 14.2 Å². The Morgan fingerprint density at radius 3 is 1.21 bits per heavy atom. The molecule has 6 nitrogen and oxygen atoms in total. The molecule has 0 radical (unpaired) electrons. The van der Waals surface area contributed by atoms with Crippen molar-refractivity contribution in [1.82, 2.24) is 0 Å². The zero-order chi connectivity index (χ0) is 26.0. The largest absolute Gasteiger partial charge is 0.466 e. The summed E-state index contributed by atoms with van der Waals surface area (Å²) in [6, 6.07) is 0. The van der Waals surface area contributed by atoms with E-state index in [1.807, 2.05) is 41.5 Å². The molecular formula is C28H54O6. The van der Waals surface area contributed by atoms with E-state index in [4.69, 9.17) is 18.9 Å². The number of hydrogen-bond donors (Lipinski definition) is 0. The van der Waals surface area contributed by atoms with E-state index in [9.17, 15) is 9.59 Å². The van der Waals surface area contributed by atoms with Gasteiger partial charge in [0.25, 0.3) is 0 Å². The van der Waals surface area contributed by atoms with Crippen LogP contribution < -0.4 is 0 Å². The minimum atomic E-state index is -0.402. The smallest absolute Gasteiger partial charge is 0.311 e. The minimum Gasteiger partial charge on any atom is -0.466 e. The quantitative estimate of drug-likeness (QED) is 0.130. The maximum absolute atomic E-state index is 12.0. The van der Waals surface area contributed by atoms with Gasteiger partial charge in [-0.2, -0.15) is 0 Å². The average molecular weight is 487 g/mol. The Hall–Kier alpha value is -1.14. The lowest BCUT2D eigenvalue weighted by atomic mass is 9.86. The number of carbonyl (C=O) groups is 2. The molecule has 0 saturated heterocycles. The first-order valence-corrected chi connectivity index (χ1v) is 13.5. The molecule has 0 aliphatic rings. The van der Waals surface area contributed by atoms with Gasteiger partial charge in [0.05, 0.1) is 36.3 Å².